The van der Waals surface area contributed by atoms with Crippen LogP contribution in [0.15, 0.2) is 33.9 Å². The van der Waals surface area contributed by atoms with E-state index in [1.807, 2.05) is 0 Å². The van der Waals surface area contributed by atoms with E-state index in [0.717, 1.165) is 11.8 Å². The summed E-state index contributed by atoms with van der Waals surface area (Å²) in [5, 5.41) is 12.1. The summed E-state index contributed by atoms with van der Waals surface area (Å²) in [7, 11) is 0. The summed E-state index contributed by atoms with van der Waals surface area (Å²) in [4.78, 5) is 26.3. The number of hydrogen-bond donors (Lipinski definition) is 2. The Bertz CT molecular complexity index is 690. The standard InChI is InChI=1S/C12H8Cl2N2O4S/c13-6-3-7(14)11(15-4-6)16-9(17)5-21-10-2-1-8(20-10)12(18)19/h1-4H,5H2,(H,18,19)(H,15,16,17). The van der Waals surface area contributed by atoms with Gasteiger partial charge in [-0.25, -0.2) is 9.78 Å². The molecule has 0 aliphatic heterocycles. The summed E-state index contributed by atoms with van der Waals surface area (Å²) in [5.74, 6) is -1.47. The van der Waals surface area contributed by atoms with Crippen LogP contribution in [0.1, 0.15) is 10.6 Å². The smallest absolute Gasteiger partial charge is 0.371 e. The molecule has 0 fully saturated rings. The highest BCUT2D eigenvalue weighted by Gasteiger charge is 2.12. The van der Waals surface area contributed by atoms with Gasteiger partial charge in [-0.2, -0.15) is 0 Å². The molecule has 0 aromatic carbocycles. The highest BCUT2D eigenvalue weighted by molar-refractivity contribution is 7.99. The first-order valence-electron chi connectivity index (χ1n) is 5.52. The minimum atomic E-state index is -1.16. The van der Waals surface area contributed by atoms with Crippen molar-refractivity contribution in [2.75, 3.05) is 11.1 Å². The zero-order valence-corrected chi connectivity index (χ0v) is 12.6. The summed E-state index contributed by atoms with van der Waals surface area (Å²) < 4.78 is 5.01. The van der Waals surface area contributed by atoms with Crippen LogP contribution in [-0.4, -0.2) is 27.7 Å². The fourth-order valence-corrected chi connectivity index (χ4v) is 2.41. The zero-order chi connectivity index (χ0) is 15.4. The predicted molar refractivity (Wildman–Crippen MR) is 79.3 cm³/mol. The fourth-order valence-electron chi connectivity index (χ4n) is 1.32. The van der Waals surface area contributed by atoms with Crippen molar-refractivity contribution >= 4 is 52.7 Å². The Kier molecular flexibility index (Phi) is 5.11. The van der Waals surface area contributed by atoms with Crippen LogP contribution in [0, 0.1) is 0 Å². The van der Waals surface area contributed by atoms with E-state index in [-0.39, 0.29) is 28.3 Å². The van der Waals surface area contributed by atoms with Crippen molar-refractivity contribution in [1.29, 1.82) is 0 Å². The van der Waals surface area contributed by atoms with E-state index < -0.39 is 5.97 Å². The Balaban J connectivity index is 1.91. The molecular formula is C12H8Cl2N2O4S. The number of halogens is 2. The largest absolute Gasteiger partial charge is 0.475 e. The number of furan rings is 1. The van der Waals surface area contributed by atoms with Gasteiger partial charge in [0.15, 0.2) is 10.9 Å². The third-order valence-electron chi connectivity index (χ3n) is 2.20. The van der Waals surface area contributed by atoms with Gasteiger partial charge in [0.2, 0.25) is 11.7 Å². The molecule has 2 heterocycles. The Morgan fingerprint density at radius 3 is 2.76 bits per heavy atom. The number of nitrogens with one attached hydrogen (secondary N) is 1. The number of aromatic nitrogens is 1. The van der Waals surface area contributed by atoms with Gasteiger partial charge in [0.05, 0.1) is 15.8 Å². The van der Waals surface area contributed by atoms with E-state index in [2.05, 4.69) is 10.3 Å². The normalized spacial score (nSPS) is 10.4. The number of rotatable bonds is 5. The minimum Gasteiger partial charge on any atom is -0.475 e. The van der Waals surface area contributed by atoms with E-state index >= 15 is 0 Å². The molecule has 2 rings (SSSR count). The van der Waals surface area contributed by atoms with Crippen LogP contribution in [0.3, 0.4) is 0 Å². The lowest BCUT2D eigenvalue weighted by Crippen LogP contribution is -2.15. The second-order valence-electron chi connectivity index (χ2n) is 3.74. The Hall–Kier alpha value is -1.70. The topological polar surface area (TPSA) is 92.4 Å². The number of nitrogens with zero attached hydrogens (tertiary/aromatic N) is 1. The Labute approximate surface area is 133 Å². The van der Waals surface area contributed by atoms with Crippen molar-refractivity contribution in [3.05, 3.63) is 40.2 Å². The first-order chi connectivity index (χ1) is 9.95. The van der Waals surface area contributed by atoms with Gasteiger partial charge >= 0.3 is 5.97 Å². The van der Waals surface area contributed by atoms with Crippen LogP contribution in [0.25, 0.3) is 0 Å². The minimum absolute atomic E-state index is 0.0210. The Morgan fingerprint density at radius 1 is 1.38 bits per heavy atom. The molecule has 0 bridgehead atoms. The molecule has 0 saturated carbocycles. The molecule has 0 unspecified atom stereocenters. The van der Waals surface area contributed by atoms with Crippen LogP contribution in [0.4, 0.5) is 5.82 Å². The highest BCUT2D eigenvalue weighted by Crippen LogP contribution is 2.24. The average Bonchev–Trinajstić information content (AvgIpc) is 2.89. The van der Waals surface area contributed by atoms with Crippen molar-refractivity contribution in [2.45, 2.75) is 5.09 Å². The van der Waals surface area contributed by atoms with Gasteiger partial charge in [0.25, 0.3) is 0 Å². The maximum Gasteiger partial charge on any atom is 0.371 e. The first-order valence-corrected chi connectivity index (χ1v) is 7.26. The molecule has 0 aliphatic rings. The van der Waals surface area contributed by atoms with Crippen molar-refractivity contribution in [3.8, 4) is 0 Å². The van der Waals surface area contributed by atoms with Crippen molar-refractivity contribution in [1.82, 2.24) is 4.98 Å². The average molecular weight is 347 g/mol. The molecule has 2 N–H and O–H groups in total. The van der Waals surface area contributed by atoms with E-state index in [4.69, 9.17) is 32.7 Å². The summed E-state index contributed by atoms with van der Waals surface area (Å²) in [6, 6.07) is 4.26. The third kappa shape index (κ3) is 4.38. The first kappa shape index (κ1) is 15.7. The van der Waals surface area contributed by atoms with Gasteiger partial charge in [-0.1, -0.05) is 35.0 Å². The van der Waals surface area contributed by atoms with E-state index in [1.54, 1.807) is 0 Å². The number of hydrogen-bond acceptors (Lipinski definition) is 5. The number of carboxylic acid groups (broad SMARTS) is 1. The number of anilines is 1. The van der Waals surface area contributed by atoms with E-state index in [0.29, 0.717) is 10.1 Å². The van der Waals surface area contributed by atoms with Gasteiger partial charge in [0, 0.05) is 6.20 Å². The highest BCUT2D eigenvalue weighted by atomic mass is 35.5. The SMILES string of the molecule is O=C(CSc1ccc(C(=O)O)o1)Nc1ncc(Cl)cc1Cl. The van der Waals surface area contributed by atoms with Gasteiger partial charge in [-0.15, -0.1) is 0 Å². The van der Waals surface area contributed by atoms with Crippen LogP contribution in [-0.2, 0) is 4.79 Å². The second kappa shape index (κ2) is 6.84. The summed E-state index contributed by atoms with van der Waals surface area (Å²) in [6.07, 6.45) is 1.36. The maximum absolute atomic E-state index is 11.7. The van der Waals surface area contributed by atoms with Gasteiger partial charge in [-0.05, 0) is 18.2 Å². The summed E-state index contributed by atoms with van der Waals surface area (Å²) in [6.45, 7) is 0. The molecule has 0 aliphatic carbocycles. The summed E-state index contributed by atoms with van der Waals surface area (Å²) >= 11 is 12.6. The molecule has 1 amide bonds. The van der Waals surface area contributed by atoms with Crippen molar-refractivity contribution < 1.29 is 19.1 Å². The molecule has 2 aromatic rings. The lowest BCUT2D eigenvalue weighted by Gasteiger charge is -2.05. The quantitative estimate of drug-likeness (QED) is 0.806. The molecule has 0 radical (unpaired) electrons. The maximum atomic E-state index is 11.7. The van der Waals surface area contributed by atoms with Crippen LogP contribution in [0.5, 0.6) is 0 Å². The van der Waals surface area contributed by atoms with Crippen molar-refractivity contribution in [2.24, 2.45) is 0 Å². The number of carboxylic acids is 1. The lowest BCUT2D eigenvalue weighted by molar-refractivity contribution is -0.113. The molecule has 0 spiro atoms. The van der Waals surface area contributed by atoms with Gasteiger partial charge in [0.1, 0.15) is 0 Å². The molecule has 6 nitrogen and oxygen atoms in total. The number of carbonyl (C=O) groups excluding carboxylic acids is 1. The molecular weight excluding hydrogens is 339 g/mol. The molecule has 2 aromatic heterocycles. The van der Waals surface area contributed by atoms with Crippen LogP contribution >= 0.6 is 35.0 Å². The predicted octanol–water partition coefficient (Wildman–Crippen LogP) is 3.41. The zero-order valence-electron chi connectivity index (χ0n) is 10.3. The molecule has 9 heteroatoms. The third-order valence-corrected chi connectivity index (χ3v) is 3.61. The van der Waals surface area contributed by atoms with E-state index in [9.17, 15) is 9.59 Å². The van der Waals surface area contributed by atoms with E-state index in [1.165, 1.54) is 24.4 Å². The van der Waals surface area contributed by atoms with Gasteiger partial charge in [-0.3, -0.25) is 4.79 Å². The van der Waals surface area contributed by atoms with Crippen molar-refractivity contribution in [3.63, 3.8) is 0 Å². The summed E-state index contributed by atoms with van der Waals surface area (Å²) in [5.41, 5.74) is 0. The molecule has 21 heavy (non-hydrogen) atoms. The second-order valence-corrected chi connectivity index (χ2v) is 5.57. The monoisotopic (exact) mass is 346 g/mol. The van der Waals surface area contributed by atoms with Crippen LogP contribution < -0.4 is 5.32 Å². The van der Waals surface area contributed by atoms with Gasteiger partial charge < -0.3 is 14.8 Å². The van der Waals surface area contributed by atoms with Crippen LogP contribution in [0.2, 0.25) is 10.0 Å². The number of carbonyl (C=O) groups is 2. The Morgan fingerprint density at radius 2 is 2.14 bits per heavy atom. The number of amides is 1. The molecule has 0 atom stereocenters. The molecule has 110 valence electrons. The number of pyridine rings is 1. The number of aromatic carboxylic acids is 1. The molecule has 0 saturated heterocycles. The fraction of sp³-hybridized carbons (Fsp3) is 0.0833. The number of thioether (sulfide) groups is 1. The lowest BCUT2D eigenvalue weighted by atomic mass is 10.4.